The molecule has 0 aliphatic carbocycles. The Morgan fingerprint density at radius 2 is 1.96 bits per heavy atom. The van der Waals surface area contributed by atoms with Crippen LogP contribution in [0.15, 0.2) is 12.1 Å². The Morgan fingerprint density at radius 3 is 2.68 bits per heavy atom. The van der Waals surface area contributed by atoms with Gasteiger partial charge in [0.15, 0.2) is 0 Å². The first-order valence-electron chi connectivity index (χ1n) is 9.52. The second kappa shape index (κ2) is 7.35. The van der Waals surface area contributed by atoms with Crippen LogP contribution in [0.2, 0.25) is 0 Å². The summed E-state index contributed by atoms with van der Waals surface area (Å²) in [6.45, 7) is 7.90. The van der Waals surface area contributed by atoms with E-state index in [0.717, 1.165) is 58.5 Å². The molecule has 1 amide bonds. The average Bonchev–Trinajstić information content (AvgIpc) is 3.21. The summed E-state index contributed by atoms with van der Waals surface area (Å²) in [6, 6.07) is 4.94. The molecular formula is C19H29N3O2S. The lowest BCUT2D eigenvalue weighted by atomic mass is 9.98. The molecule has 3 aliphatic rings. The molecule has 0 bridgehead atoms. The molecule has 0 aromatic carbocycles. The van der Waals surface area contributed by atoms with Crippen molar-refractivity contribution in [2.45, 2.75) is 51.0 Å². The number of fused-ring (bicyclic) bond motifs is 1. The molecule has 4 heterocycles. The molecule has 3 atom stereocenters. The second-order valence-corrected chi connectivity index (χ2v) is 9.08. The van der Waals surface area contributed by atoms with Crippen molar-refractivity contribution in [3.05, 3.63) is 21.9 Å². The van der Waals surface area contributed by atoms with Gasteiger partial charge in [-0.15, -0.1) is 11.3 Å². The summed E-state index contributed by atoms with van der Waals surface area (Å²) in [5, 5.41) is 0. The van der Waals surface area contributed by atoms with Crippen molar-refractivity contribution < 1.29 is 9.53 Å². The first-order valence-corrected chi connectivity index (χ1v) is 10.3. The van der Waals surface area contributed by atoms with E-state index in [0.29, 0.717) is 6.04 Å². The van der Waals surface area contributed by atoms with E-state index in [1.165, 1.54) is 9.75 Å². The number of aryl methyl sites for hydroxylation is 1. The fraction of sp³-hybridized carbons (Fsp3) is 0.737. The third kappa shape index (κ3) is 3.77. The Bertz CT molecular complexity index is 612. The van der Waals surface area contributed by atoms with E-state index in [2.05, 4.69) is 35.9 Å². The molecule has 1 aromatic rings. The van der Waals surface area contributed by atoms with Crippen LogP contribution >= 0.6 is 11.3 Å². The number of nitrogens with zero attached hydrogens (tertiary/aromatic N) is 3. The van der Waals surface area contributed by atoms with Gasteiger partial charge in [-0.1, -0.05) is 0 Å². The van der Waals surface area contributed by atoms with Crippen LogP contribution in [0.4, 0.5) is 0 Å². The summed E-state index contributed by atoms with van der Waals surface area (Å²) in [4.78, 5) is 22.5. The molecule has 25 heavy (non-hydrogen) atoms. The molecule has 3 saturated heterocycles. The zero-order valence-electron chi connectivity index (χ0n) is 15.3. The number of hydrogen-bond donors (Lipinski definition) is 0. The van der Waals surface area contributed by atoms with Crippen molar-refractivity contribution in [1.29, 1.82) is 0 Å². The van der Waals surface area contributed by atoms with Crippen molar-refractivity contribution in [1.82, 2.24) is 14.7 Å². The summed E-state index contributed by atoms with van der Waals surface area (Å²) < 4.78 is 6.28. The van der Waals surface area contributed by atoms with Gasteiger partial charge in [0.05, 0.1) is 6.10 Å². The quantitative estimate of drug-likeness (QED) is 0.822. The first kappa shape index (κ1) is 17.5. The van der Waals surface area contributed by atoms with E-state index in [9.17, 15) is 4.79 Å². The van der Waals surface area contributed by atoms with Crippen LogP contribution in [-0.4, -0.2) is 78.6 Å². The Kier molecular flexibility index (Phi) is 5.13. The number of carbonyl (C=O) groups excluding carboxylic acids is 1. The zero-order valence-corrected chi connectivity index (χ0v) is 16.1. The van der Waals surface area contributed by atoms with E-state index < -0.39 is 0 Å². The van der Waals surface area contributed by atoms with Gasteiger partial charge < -0.3 is 14.5 Å². The Morgan fingerprint density at radius 1 is 1.16 bits per heavy atom. The van der Waals surface area contributed by atoms with Gasteiger partial charge in [-0.05, 0) is 45.4 Å². The Balaban J connectivity index is 1.33. The number of rotatable bonds is 3. The van der Waals surface area contributed by atoms with E-state index >= 15 is 0 Å². The lowest BCUT2D eigenvalue weighted by Crippen LogP contribution is -2.53. The fourth-order valence-electron chi connectivity index (χ4n) is 4.39. The fourth-order valence-corrected chi connectivity index (χ4v) is 5.31. The molecule has 6 heteroatoms. The highest BCUT2D eigenvalue weighted by molar-refractivity contribution is 7.11. The first-order chi connectivity index (χ1) is 12.1. The van der Waals surface area contributed by atoms with E-state index in [4.69, 9.17) is 4.74 Å². The normalized spacial score (nSPS) is 31.3. The van der Waals surface area contributed by atoms with E-state index in [-0.39, 0.29) is 18.1 Å². The number of thiophene rings is 1. The highest BCUT2D eigenvalue weighted by atomic mass is 32.1. The van der Waals surface area contributed by atoms with Gasteiger partial charge in [0.25, 0.3) is 5.91 Å². The number of carbonyl (C=O) groups is 1. The molecule has 4 rings (SSSR count). The van der Waals surface area contributed by atoms with Gasteiger partial charge in [-0.25, -0.2) is 0 Å². The Hall–Kier alpha value is -0.950. The molecule has 5 nitrogen and oxygen atoms in total. The second-order valence-electron chi connectivity index (χ2n) is 7.71. The predicted molar refractivity (Wildman–Crippen MR) is 99.8 cm³/mol. The van der Waals surface area contributed by atoms with Crippen LogP contribution in [0, 0.1) is 6.92 Å². The minimum atomic E-state index is -0.214. The van der Waals surface area contributed by atoms with Gasteiger partial charge >= 0.3 is 0 Å². The monoisotopic (exact) mass is 363 g/mol. The van der Waals surface area contributed by atoms with Crippen molar-refractivity contribution in [3.63, 3.8) is 0 Å². The summed E-state index contributed by atoms with van der Waals surface area (Å²) >= 11 is 1.89. The molecular weight excluding hydrogens is 334 g/mol. The van der Waals surface area contributed by atoms with Crippen LogP contribution in [0.5, 0.6) is 0 Å². The smallest absolute Gasteiger partial charge is 0.251 e. The van der Waals surface area contributed by atoms with Crippen LogP contribution in [0.3, 0.4) is 0 Å². The minimum Gasteiger partial charge on any atom is -0.363 e. The maximum Gasteiger partial charge on any atom is 0.251 e. The highest BCUT2D eigenvalue weighted by Crippen LogP contribution is 2.34. The van der Waals surface area contributed by atoms with Crippen molar-refractivity contribution in [2.24, 2.45) is 0 Å². The molecule has 138 valence electrons. The van der Waals surface area contributed by atoms with Gasteiger partial charge in [0.2, 0.25) is 0 Å². The minimum absolute atomic E-state index is 0.214. The molecule has 0 radical (unpaired) electrons. The third-order valence-corrected chi connectivity index (χ3v) is 6.89. The van der Waals surface area contributed by atoms with Gasteiger partial charge in [0.1, 0.15) is 6.10 Å². The number of hydrogen-bond acceptors (Lipinski definition) is 5. The topological polar surface area (TPSA) is 36.0 Å². The van der Waals surface area contributed by atoms with Crippen LogP contribution in [0.25, 0.3) is 0 Å². The molecule has 3 aliphatic heterocycles. The van der Waals surface area contributed by atoms with Crippen LogP contribution < -0.4 is 0 Å². The van der Waals surface area contributed by atoms with Crippen molar-refractivity contribution in [2.75, 3.05) is 39.8 Å². The van der Waals surface area contributed by atoms with Gasteiger partial charge in [-0.2, -0.15) is 0 Å². The van der Waals surface area contributed by atoms with Gasteiger partial charge in [0, 0.05) is 55.1 Å². The average molecular weight is 364 g/mol. The van der Waals surface area contributed by atoms with Crippen molar-refractivity contribution in [3.8, 4) is 0 Å². The lowest BCUT2D eigenvalue weighted by molar-refractivity contribution is -0.156. The van der Waals surface area contributed by atoms with Crippen molar-refractivity contribution >= 4 is 17.2 Å². The van der Waals surface area contributed by atoms with Crippen LogP contribution in [-0.2, 0) is 16.1 Å². The summed E-state index contributed by atoms with van der Waals surface area (Å²) in [5.41, 5.74) is 0. The Labute approximate surface area is 154 Å². The predicted octanol–water partition coefficient (Wildman–Crippen LogP) is 1.95. The number of likely N-dealkylation sites (tertiary alicyclic amines) is 1. The molecule has 0 saturated carbocycles. The molecule has 0 spiro atoms. The summed E-state index contributed by atoms with van der Waals surface area (Å²) in [6.07, 6.45) is 3.03. The maximum absolute atomic E-state index is 12.8. The number of likely N-dealkylation sites (N-methyl/N-ethyl adjacent to an activating group) is 1. The molecule has 0 unspecified atom stereocenters. The molecule has 3 fully saturated rings. The van der Waals surface area contributed by atoms with Gasteiger partial charge in [-0.3, -0.25) is 9.69 Å². The standard InChI is InChI=1S/C19H29N3O2S/c1-14-3-4-15(25-14)13-22-8-7-17-16(22)5-6-18(24-17)19(23)21-11-9-20(2)10-12-21/h3-4,16-18H,5-13H2,1-2H3/t16-,17-,18-/m0/s1. The largest absolute Gasteiger partial charge is 0.363 e. The number of piperazine rings is 1. The third-order valence-electron chi connectivity index (χ3n) is 5.91. The lowest BCUT2D eigenvalue weighted by Gasteiger charge is -2.39. The van der Waals surface area contributed by atoms with Crippen LogP contribution in [0.1, 0.15) is 29.0 Å². The SMILES string of the molecule is Cc1ccc(CN2CC[C@@H]3O[C@H](C(=O)N4CCN(C)CC4)CC[C@@H]32)s1. The van der Waals surface area contributed by atoms with E-state index in [1.807, 2.05) is 16.2 Å². The number of ether oxygens (including phenoxy) is 1. The summed E-state index contributed by atoms with van der Waals surface area (Å²) in [5.74, 6) is 0.221. The zero-order chi connectivity index (χ0) is 17.4. The van der Waals surface area contributed by atoms with E-state index in [1.54, 1.807) is 0 Å². The summed E-state index contributed by atoms with van der Waals surface area (Å²) in [7, 11) is 2.12. The number of amides is 1. The molecule has 0 N–H and O–H groups in total. The highest BCUT2D eigenvalue weighted by Gasteiger charge is 2.42. The maximum atomic E-state index is 12.8. The molecule has 1 aromatic heterocycles.